The van der Waals surface area contributed by atoms with Crippen LogP contribution in [0.15, 0.2) is 47.2 Å². The van der Waals surface area contributed by atoms with Crippen LogP contribution in [0.3, 0.4) is 0 Å². The zero-order chi connectivity index (χ0) is 17.1. The molecule has 0 bridgehead atoms. The van der Waals surface area contributed by atoms with E-state index in [0.717, 1.165) is 11.3 Å². The van der Waals surface area contributed by atoms with Gasteiger partial charge >= 0.3 is 0 Å². The van der Waals surface area contributed by atoms with Crippen LogP contribution in [-0.2, 0) is 0 Å². The minimum Gasteiger partial charge on any atom is -0.504 e. The van der Waals surface area contributed by atoms with E-state index in [2.05, 4.69) is 15.6 Å². The van der Waals surface area contributed by atoms with Gasteiger partial charge in [-0.05, 0) is 42.8 Å². The molecular formula is C16H13N3O4S. The molecule has 2 amide bonds. The number of carbonyl (C=O) groups is 2. The van der Waals surface area contributed by atoms with E-state index in [-0.39, 0.29) is 17.3 Å². The number of hydrogen-bond acceptors (Lipinski definition) is 6. The standard InChI is InChI=1S/C16H13N3O4S/c1-9-8-12(18-15(21)11-5-3-7-23-11)24-13(9)16(22)19-14-10(20)4-2-6-17-14/h2-8,20H,1H3,(H,18,21)(H,17,19,22). The van der Waals surface area contributed by atoms with Crippen LogP contribution >= 0.6 is 11.3 Å². The van der Waals surface area contributed by atoms with Gasteiger partial charge in [-0.3, -0.25) is 9.59 Å². The Balaban J connectivity index is 1.75. The van der Waals surface area contributed by atoms with Crippen molar-refractivity contribution in [3.8, 4) is 5.75 Å². The van der Waals surface area contributed by atoms with Crippen molar-refractivity contribution >= 4 is 34.0 Å². The van der Waals surface area contributed by atoms with E-state index >= 15 is 0 Å². The van der Waals surface area contributed by atoms with Crippen LogP contribution in [0.4, 0.5) is 10.8 Å². The van der Waals surface area contributed by atoms with Gasteiger partial charge in [-0.1, -0.05) is 0 Å². The summed E-state index contributed by atoms with van der Waals surface area (Å²) in [5.74, 6) is -0.658. The zero-order valence-corrected chi connectivity index (χ0v) is 13.4. The van der Waals surface area contributed by atoms with Gasteiger partial charge in [0.05, 0.1) is 16.1 Å². The minimum atomic E-state index is -0.412. The van der Waals surface area contributed by atoms with Crippen LogP contribution in [0, 0.1) is 6.92 Å². The Bertz CT molecular complexity index is 887. The van der Waals surface area contributed by atoms with Gasteiger partial charge in [-0.25, -0.2) is 4.98 Å². The summed E-state index contributed by atoms with van der Waals surface area (Å²) >= 11 is 1.12. The minimum absolute atomic E-state index is 0.0801. The van der Waals surface area contributed by atoms with Crippen molar-refractivity contribution in [2.75, 3.05) is 10.6 Å². The summed E-state index contributed by atoms with van der Waals surface area (Å²) < 4.78 is 5.02. The van der Waals surface area contributed by atoms with Crippen LogP contribution in [0.1, 0.15) is 25.8 Å². The number of rotatable bonds is 4. The number of nitrogens with one attached hydrogen (secondary N) is 2. The fourth-order valence-corrected chi connectivity index (χ4v) is 2.97. The summed E-state index contributed by atoms with van der Waals surface area (Å²) in [6.45, 7) is 1.76. The number of anilines is 2. The third-order valence-corrected chi connectivity index (χ3v) is 4.28. The van der Waals surface area contributed by atoms with Gasteiger partial charge < -0.3 is 20.2 Å². The summed E-state index contributed by atoms with van der Waals surface area (Å²) in [6.07, 6.45) is 2.87. The number of aromatic nitrogens is 1. The number of nitrogens with zero attached hydrogens (tertiary/aromatic N) is 1. The van der Waals surface area contributed by atoms with Crippen LogP contribution < -0.4 is 10.6 Å². The number of pyridine rings is 1. The summed E-state index contributed by atoms with van der Waals surface area (Å²) in [4.78, 5) is 28.6. The van der Waals surface area contributed by atoms with E-state index in [0.29, 0.717) is 15.4 Å². The number of amides is 2. The van der Waals surface area contributed by atoms with Crippen molar-refractivity contribution in [3.05, 3.63) is 59.0 Å². The average Bonchev–Trinajstić information content (AvgIpc) is 3.19. The Morgan fingerprint density at radius 2 is 2.04 bits per heavy atom. The highest BCUT2D eigenvalue weighted by Gasteiger charge is 2.17. The maximum absolute atomic E-state index is 12.3. The lowest BCUT2D eigenvalue weighted by Crippen LogP contribution is -2.12. The predicted molar refractivity (Wildman–Crippen MR) is 89.6 cm³/mol. The van der Waals surface area contributed by atoms with Gasteiger partial charge in [-0.2, -0.15) is 0 Å². The quantitative estimate of drug-likeness (QED) is 0.674. The molecule has 122 valence electrons. The third-order valence-electron chi connectivity index (χ3n) is 3.12. The summed E-state index contributed by atoms with van der Waals surface area (Å²) in [7, 11) is 0. The van der Waals surface area contributed by atoms with E-state index in [9.17, 15) is 14.7 Å². The Morgan fingerprint density at radius 1 is 1.21 bits per heavy atom. The molecular weight excluding hydrogens is 330 g/mol. The van der Waals surface area contributed by atoms with E-state index in [1.54, 1.807) is 31.2 Å². The monoisotopic (exact) mass is 343 g/mol. The topological polar surface area (TPSA) is 104 Å². The number of thiophene rings is 1. The van der Waals surface area contributed by atoms with Gasteiger partial charge in [0.15, 0.2) is 17.3 Å². The van der Waals surface area contributed by atoms with Crippen molar-refractivity contribution < 1.29 is 19.1 Å². The molecule has 0 radical (unpaired) electrons. The van der Waals surface area contributed by atoms with E-state index < -0.39 is 11.8 Å². The molecule has 0 spiro atoms. The second-order valence-electron chi connectivity index (χ2n) is 4.88. The van der Waals surface area contributed by atoms with Crippen LogP contribution in [0.2, 0.25) is 0 Å². The van der Waals surface area contributed by atoms with Crippen LogP contribution in [0.25, 0.3) is 0 Å². The molecule has 8 heteroatoms. The van der Waals surface area contributed by atoms with Gasteiger partial charge in [-0.15, -0.1) is 11.3 Å². The van der Waals surface area contributed by atoms with Crippen molar-refractivity contribution in [1.82, 2.24) is 4.98 Å². The predicted octanol–water partition coefficient (Wildman–Crippen LogP) is 3.25. The largest absolute Gasteiger partial charge is 0.504 e. The second-order valence-corrected chi connectivity index (χ2v) is 5.93. The molecule has 0 aromatic carbocycles. The summed E-state index contributed by atoms with van der Waals surface area (Å²) in [5.41, 5.74) is 0.697. The lowest BCUT2D eigenvalue weighted by Gasteiger charge is -2.04. The maximum atomic E-state index is 12.3. The molecule has 0 saturated carbocycles. The fraction of sp³-hybridized carbons (Fsp3) is 0.0625. The molecule has 0 aliphatic carbocycles. The molecule has 3 rings (SSSR count). The van der Waals surface area contributed by atoms with Gasteiger partial charge in [0.25, 0.3) is 11.8 Å². The molecule has 0 aliphatic rings. The number of hydrogen-bond donors (Lipinski definition) is 3. The Hall–Kier alpha value is -3.13. The van der Waals surface area contributed by atoms with Gasteiger partial charge in [0, 0.05) is 6.20 Å². The van der Waals surface area contributed by atoms with Crippen LogP contribution in [-0.4, -0.2) is 21.9 Å². The number of aromatic hydroxyl groups is 1. The maximum Gasteiger partial charge on any atom is 0.291 e. The number of aryl methyl sites for hydroxylation is 1. The number of furan rings is 1. The Labute approximate surface area is 141 Å². The van der Waals surface area contributed by atoms with E-state index in [1.807, 2.05) is 0 Å². The highest BCUT2D eigenvalue weighted by Crippen LogP contribution is 2.28. The normalized spacial score (nSPS) is 10.4. The first kappa shape index (κ1) is 15.8. The average molecular weight is 343 g/mol. The van der Waals surface area contributed by atoms with Gasteiger partial charge in [0.2, 0.25) is 0 Å². The Kier molecular flexibility index (Phi) is 4.30. The highest BCUT2D eigenvalue weighted by molar-refractivity contribution is 7.18. The van der Waals surface area contributed by atoms with Crippen molar-refractivity contribution in [2.45, 2.75) is 6.92 Å². The second kappa shape index (κ2) is 6.55. The first-order valence-electron chi connectivity index (χ1n) is 6.95. The molecule has 0 unspecified atom stereocenters. The summed E-state index contributed by atoms with van der Waals surface area (Å²) in [5, 5.41) is 15.4. The molecule has 3 aromatic heterocycles. The molecule has 7 nitrogen and oxygen atoms in total. The third kappa shape index (κ3) is 3.28. The molecule has 0 fully saturated rings. The molecule has 0 atom stereocenters. The first-order valence-corrected chi connectivity index (χ1v) is 7.77. The highest BCUT2D eigenvalue weighted by atomic mass is 32.1. The van der Waals surface area contributed by atoms with Crippen molar-refractivity contribution in [3.63, 3.8) is 0 Å². The molecule has 3 N–H and O–H groups in total. The smallest absolute Gasteiger partial charge is 0.291 e. The van der Waals surface area contributed by atoms with Crippen molar-refractivity contribution in [1.29, 1.82) is 0 Å². The molecule has 24 heavy (non-hydrogen) atoms. The lowest BCUT2D eigenvalue weighted by atomic mass is 10.2. The Morgan fingerprint density at radius 3 is 2.75 bits per heavy atom. The van der Waals surface area contributed by atoms with E-state index in [4.69, 9.17) is 4.42 Å². The van der Waals surface area contributed by atoms with E-state index in [1.165, 1.54) is 18.5 Å². The lowest BCUT2D eigenvalue weighted by molar-refractivity contribution is 0.0995. The fourth-order valence-electron chi connectivity index (χ4n) is 2.01. The molecule has 3 heterocycles. The SMILES string of the molecule is Cc1cc(NC(=O)c2ccco2)sc1C(=O)Nc1ncccc1O. The van der Waals surface area contributed by atoms with Crippen molar-refractivity contribution in [2.24, 2.45) is 0 Å². The molecule has 0 aliphatic heterocycles. The molecule has 3 aromatic rings. The number of carbonyl (C=O) groups excluding carboxylic acids is 2. The van der Waals surface area contributed by atoms with Gasteiger partial charge in [0.1, 0.15) is 0 Å². The van der Waals surface area contributed by atoms with Crippen LogP contribution in [0.5, 0.6) is 5.75 Å². The summed E-state index contributed by atoms with van der Waals surface area (Å²) in [6, 6.07) is 7.85. The first-order chi connectivity index (χ1) is 11.5. The molecule has 0 saturated heterocycles. The zero-order valence-electron chi connectivity index (χ0n) is 12.6.